The minimum absolute atomic E-state index is 0.0323. The lowest BCUT2D eigenvalue weighted by Gasteiger charge is -2.57. The van der Waals surface area contributed by atoms with Gasteiger partial charge in [0.1, 0.15) is 0 Å². The molecule has 0 spiro atoms. The van der Waals surface area contributed by atoms with Gasteiger partial charge in [-0.25, -0.2) is 0 Å². The Balaban J connectivity index is 1.31. The van der Waals surface area contributed by atoms with Crippen LogP contribution in [0.2, 0.25) is 0 Å². The molecule has 1 unspecified atom stereocenters. The van der Waals surface area contributed by atoms with Crippen molar-refractivity contribution < 1.29 is 14.5 Å². The SMILES string of the molecule is Cc1ccc(NC(=O)C[NH+](C)[C@@H](C)C(=O)NC23CC4CC(CC(C4)C2)C3)cc1. The molecule has 5 nitrogen and oxygen atoms in total. The van der Waals surface area contributed by atoms with Crippen LogP contribution in [0.4, 0.5) is 5.69 Å². The van der Waals surface area contributed by atoms with Gasteiger partial charge in [-0.05, 0) is 82.3 Å². The quantitative estimate of drug-likeness (QED) is 0.702. The molecule has 0 saturated heterocycles. The summed E-state index contributed by atoms with van der Waals surface area (Å²) < 4.78 is 0. The first-order valence-electron chi connectivity index (χ1n) is 10.8. The van der Waals surface area contributed by atoms with E-state index in [2.05, 4.69) is 10.6 Å². The smallest absolute Gasteiger partial charge is 0.279 e. The monoisotopic (exact) mass is 384 g/mol. The van der Waals surface area contributed by atoms with Crippen molar-refractivity contribution in [2.24, 2.45) is 17.8 Å². The molecule has 0 heterocycles. The first-order valence-corrected chi connectivity index (χ1v) is 10.8. The lowest BCUT2D eigenvalue weighted by Crippen LogP contribution is -3.15. The summed E-state index contributed by atoms with van der Waals surface area (Å²) in [5.41, 5.74) is 2.00. The van der Waals surface area contributed by atoms with Crippen molar-refractivity contribution >= 4 is 17.5 Å². The molecule has 4 bridgehead atoms. The van der Waals surface area contributed by atoms with Gasteiger partial charge < -0.3 is 15.5 Å². The average molecular weight is 385 g/mol. The summed E-state index contributed by atoms with van der Waals surface area (Å²) in [6, 6.07) is 7.54. The molecule has 2 amide bonds. The lowest BCUT2D eigenvalue weighted by atomic mass is 9.53. The van der Waals surface area contributed by atoms with E-state index in [0.717, 1.165) is 53.2 Å². The number of anilines is 1. The molecule has 4 saturated carbocycles. The largest absolute Gasteiger partial charge is 0.345 e. The molecular formula is C23H34N3O2+. The summed E-state index contributed by atoms with van der Waals surface area (Å²) >= 11 is 0. The maximum Gasteiger partial charge on any atom is 0.279 e. The van der Waals surface area contributed by atoms with Crippen LogP contribution < -0.4 is 15.5 Å². The van der Waals surface area contributed by atoms with Crippen LogP contribution >= 0.6 is 0 Å². The predicted molar refractivity (Wildman–Crippen MR) is 110 cm³/mol. The summed E-state index contributed by atoms with van der Waals surface area (Å²) in [5.74, 6) is 2.48. The van der Waals surface area contributed by atoms with Gasteiger partial charge in [0.15, 0.2) is 12.6 Å². The third-order valence-electron chi connectivity index (χ3n) is 7.33. The Kier molecular flexibility index (Phi) is 5.21. The number of hydrogen-bond donors (Lipinski definition) is 3. The third kappa shape index (κ3) is 4.09. The van der Waals surface area contributed by atoms with E-state index in [9.17, 15) is 9.59 Å². The average Bonchev–Trinajstić information content (AvgIpc) is 2.61. The molecule has 28 heavy (non-hydrogen) atoms. The second kappa shape index (κ2) is 7.51. The number of carbonyl (C=O) groups excluding carboxylic acids is 2. The first-order chi connectivity index (χ1) is 13.3. The van der Waals surface area contributed by atoms with Gasteiger partial charge in [0.25, 0.3) is 11.8 Å². The number of quaternary nitrogens is 1. The Labute approximate surface area is 168 Å². The summed E-state index contributed by atoms with van der Waals surface area (Å²) in [6.45, 7) is 4.24. The molecule has 3 N–H and O–H groups in total. The minimum Gasteiger partial charge on any atom is -0.345 e. The molecule has 4 aliphatic rings. The van der Waals surface area contributed by atoms with E-state index in [1.54, 1.807) is 0 Å². The Morgan fingerprint density at radius 2 is 1.61 bits per heavy atom. The molecular weight excluding hydrogens is 350 g/mol. The van der Waals surface area contributed by atoms with E-state index in [1.807, 2.05) is 45.2 Å². The molecule has 152 valence electrons. The van der Waals surface area contributed by atoms with Crippen molar-refractivity contribution in [3.05, 3.63) is 29.8 Å². The van der Waals surface area contributed by atoms with Crippen molar-refractivity contribution in [1.82, 2.24) is 5.32 Å². The van der Waals surface area contributed by atoms with Gasteiger partial charge in [-0.1, -0.05) is 17.7 Å². The highest BCUT2D eigenvalue weighted by atomic mass is 16.2. The second-order valence-electron chi connectivity index (χ2n) is 9.85. The predicted octanol–water partition coefficient (Wildman–Crippen LogP) is 1.92. The minimum atomic E-state index is -0.239. The van der Waals surface area contributed by atoms with Gasteiger partial charge in [-0.2, -0.15) is 0 Å². The van der Waals surface area contributed by atoms with Gasteiger partial charge in [0.2, 0.25) is 0 Å². The fourth-order valence-corrected chi connectivity index (χ4v) is 6.11. The van der Waals surface area contributed by atoms with E-state index in [1.165, 1.54) is 19.3 Å². The molecule has 4 aliphatic carbocycles. The van der Waals surface area contributed by atoms with Crippen molar-refractivity contribution in [2.45, 2.75) is 64.0 Å². The van der Waals surface area contributed by atoms with Gasteiger partial charge in [-0.3, -0.25) is 9.59 Å². The van der Waals surface area contributed by atoms with Crippen LogP contribution in [0.25, 0.3) is 0 Å². The summed E-state index contributed by atoms with van der Waals surface area (Å²) in [5, 5.41) is 6.37. The topological polar surface area (TPSA) is 62.6 Å². The van der Waals surface area contributed by atoms with Gasteiger partial charge in [0.05, 0.1) is 7.05 Å². The summed E-state index contributed by atoms with van der Waals surface area (Å²) in [6.07, 6.45) is 7.58. The summed E-state index contributed by atoms with van der Waals surface area (Å²) in [7, 11) is 1.93. The molecule has 0 radical (unpaired) electrons. The molecule has 0 aromatic heterocycles. The van der Waals surface area contributed by atoms with E-state index >= 15 is 0 Å². The van der Waals surface area contributed by atoms with Gasteiger partial charge >= 0.3 is 0 Å². The first kappa shape index (κ1) is 19.4. The van der Waals surface area contributed by atoms with Crippen LogP contribution in [0.3, 0.4) is 0 Å². The van der Waals surface area contributed by atoms with Crippen LogP contribution in [-0.2, 0) is 9.59 Å². The van der Waals surface area contributed by atoms with Crippen molar-refractivity contribution in [2.75, 3.05) is 18.9 Å². The Morgan fingerprint density at radius 3 is 2.14 bits per heavy atom. The van der Waals surface area contributed by atoms with Gasteiger partial charge in [-0.15, -0.1) is 0 Å². The van der Waals surface area contributed by atoms with Crippen molar-refractivity contribution in [3.63, 3.8) is 0 Å². The number of amides is 2. The van der Waals surface area contributed by atoms with Crippen LogP contribution in [0, 0.1) is 24.7 Å². The zero-order valence-corrected chi connectivity index (χ0v) is 17.4. The molecule has 1 aromatic carbocycles. The fourth-order valence-electron chi connectivity index (χ4n) is 6.11. The number of rotatable bonds is 6. The summed E-state index contributed by atoms with van der Waals surface area (Å²) in [4.78, 5) is 26.3. The van der Waals surface area contributed by atoms with Crippen molar-refractivity contribution in [3.8, 4) is 0 Å². The zero-order chi connectivity index (χ0) is 19.9. The highest BCUT2D eigenvalue weighted by Crippen LogP contribution is 2.55. The Hall–Kier alpha value is -1.88. The Bertz CT molecular complexity index is 707. The van der Waals surface area contributed by atoms with Crippen molar-refractivity contribution in [1.29, 1.82) is 0 Å². The second-order valence-corrected chi connectivity index (χ2v) is 9.85. The number of hydrogen-bond acceptors (Lipinski definition) is 2. The molecule has 5 rings (SSSR count). The number of nitrogens with one attached hydrogen (secondary N) is 3. The number of benzene rings is 1. The van der Waals surface area contributed by atoms with Gasteiger partial charge in [0, 0.05) is 11.2 Å². The molecule has 4 fully saturated rings. The highest BCUT2D eigenvalue weighted by Gasteiger charge is 2.52. The van der Waals surface area contributed by atoms with Crippen LogP contribution in [0.5, 0.6) is 0 Å². The maximum atomic E-state index is 13.0. The van der Waals surface area contributed by atoms with E-state index in [-0.39, 0.29) is 29.9 Å². The van der Waals surface area contributed by atoms with E-state index in [4.69, 9.17) is 0 Å². The number of aryl methyl sites for hydroxylation is 1. The van der Waals surface area contributed by atoms with Crippen LogP contribution in [0.15, 0.2) is 24.3 Å². The molecule has 1 aromatic rings. The normalized spacial score (nSPS) is 32.6. The lowest BCUT2D eigenvalue weighted by molar-refractivity contribution is -0.885. The highest BCUT2D eigenvalue weighted by molar-refractivity contribution is 5.91. The number of carbonyl (C=O) groups is 2. The third-order valence-corrected chi connectivity index (χ3v) is 7.33. The molecule has 2 atom stereocenters. The maximum absolute atomic E-state index is 13.0. The molecule has 5 heteroatoms. The van der Waals surface area contributed by atoms with E-state index < -0.39 is 0 Å². The zero-order valence-electron chi connectivity index (χ0n) is 17.4. The standard InChI is InChI=1S/C23H33N3O2/c1-15-4-6-20(7-5-15)24-21(27)14-26(3)16(2)22(28)25-23-11-17-8-18(12-23)10-19(9-17)13-23/h4-7,16-19H,8-14H2,1-3H3,(H,24,27)(H,25,28)/p+1/t16-,17?,18?,19?,23?/m0/s1. The van der Waals surface area contributed by atoms with E-state index in [0.29, 0.717) is 0 Å². The Morgan fingerprint density at radius 1 is 1.07 bits per heavy atom. The molecule has 0 aliphatic heterocycles. The number of likely N-dealkylation sites (N-methyl/N-ethyl adjacent to an activating group) is 1. The van der Waals surface area contributed by atoms with Crippen LogP contribution in [-0.4, -0.2) is 37.0 Å². The fraction of sp³-hybridized carbons (Fsp3) is 0.652. The van der Waals surface area contributed by atoms with Crippen LogP contribution in [0.1, 0.15) is 51.0 Å².